The highest BCUT2D eigenvalue weighted by atomic mass is 35.5. The van der Waals surface area contributed by atoms with Gasteiger partial charge in [0, 0.05) is 6.20 Å². The highest BCUT2D eigenvalue weighted by Crippen LogP contribution is 2.27. The number of pyridine rings is 1. The Hall–Kier alpha value is -2.24. The van der Waals surface area contributed by atoms with Gasteiger partial charge < -0.3 is 10.4 Å². The number of nitrogens with one attached hydrogen (secondary N) is 1. The van der Waals surface area contributed by atoms with Crippen LogP contribution in [-0.4, -0.2) is 20.4 Å². The number of phenols is 1. The number of anilines is 1. The number of carbonyl (C=O) groups excluding carboxylic acids is 1. The molecule has 0 aliphatic rings. The zero-order valence-electron chi connectivity index (χ0n) is 12.4. The van der Waals surface area contributed by atoms with Crippen molar-refractivity contribution < 1.29 is 9.90 Å². The summed E-state index contributed by atoms with van der Waals surface area (Å²) >= 11 is 12.1. The van der Waals surface area contributed by atoms with Crippen LogP contribution in [0, 0.1) is 13.8 Å². The normalized spacial score (nSPS) is 11.0. The number of phenolic OH excluding ortho intramolecular Hbond substituents is 1. The van der Waals surface area contributed by atoms with Gasteiger partial charge in [-0.05, 0) is 37.6 Å². The highest BCUT2D eigenvalue weighted by Gasteiger charge is 2.19. The van der Waals surface area contributed by atoms with E-state index in [9.17, 15) is 9.90 Å². The molecule has 0 aliphatic carbocycles. The number of rotatable bonds is 2. The number of aromatic hydroxyl groups is 1. The summed E-state index contributed by atoms with van der Waals surface area (Å²) in [5.41, 5.74) is 2.49. The van der Waals surface area contributed by atoms with E-state index in [2.05, 4.69) is 10.3 Å². The Bertz CT molecular complexity index is 935. The summed E-state index contributed by atoms with van der Waals surface area (Å²) in [6.45, 7) is 3.56. The van der Waals surface area contributed by atoms with Crippen molar-refractivity contribution in [2.75, 3.05) is 5.32 Å². The van der Waals surface area contributed by atoms with Crippen molar-refractivity contribution >= 4 is 40.4 Å². The van der Waals surface area contributed by atoms with Gasteiger partial charge in [0.1, 0.15) is 11.4 Å². The number of carbonyl (C=O) groups is 1. The zero-order valence-corrected chi connectivity index (χ0v) is 13.9. The van der Waals surface area contributed by atoms with E-state index in [1.807, 2.05) is 6.92 Å². The molecule has 2 heterocycles. The van der Waals surface area contributed by atoms with Gasteiger partial charge in [0.2, 0.25) is 0 Å². The van der Waals surface area contributed by atoms with Gasteiger partial charge in [0.05, 0.1) is 21.4 Å². The van der Waals surface area contributed by atoms with Gasteiger partial charge in [-0.25, -0.2) is 4.98 Å². The summed E-state index contributed by atoms with van der Waals surface area (Å²) in [6, 6.07) is 6.58. The second kappa shape index (κ2) is 5.76. The lowest BCUT2D eigenvalue weighted by Gasteiger charge is -2.09. The molecule has 3 rings (SSSR count). The molecule has 0 radical (unpaired) electrons. The van der Waals surface area contributed by atoms with Gasteiger partial charge in [-0.2, -0.15) is 0 Å². The van der Waals surface area contributed by atoms with Crippen molar-refractivity contribution in [3.05, 3.63) is 57.5 Å². The summed E-state index contributed by atoms with van der Waals surface area (Å²) < 4.78 is 1.54. The second-order valence-electron chi connectivity index (χ2n) is 5.22. The van der Waals surface area contributed by atoms with Crippen LogP contribution < -0.4 is 5.32 Å². The molecule has 5 nitrogen and oxygen atoms in total. The van der Waals surface area contributed by atoms with Crippen molar-refractivity contribution in [3.8, 4) is 5.75 Å². The van der Waals surface area contributed by atoms with Crippen LogP contribution in [0.4, 0.5) is 5.69 Å². The Morgan fingerprint density at radius 2 is 2.00 bits per heavy atom. The molecule has 2 aromatic heterocycles. The fourth-order valence-electron chi connectivity index (χ4n) is 2.39. The largest absolute Gasteiger partial charge is 0.506 e. The van der Waals surface area contributed by atoms with E-state index in [0.29, 0.717) is 32.8 Å². The molecule has 0 unspecified atom stereocenters. The summed E-state index contributed by atoms with van der Waals surface area (Å²) in [7, 11) is 0. The first-order chi connectivity index (χ1) is 10.9. The van der Waals surface area contributed by atoms with Crippen molar-refractivity contribution in [1.29, 1.82) is 0 Å². The van der Waals surface area contributed by atoms with Gasteiger partial charge in [-0.15, -0.1) is 0 Å². The van der Waals surface area contributed by atoms with Crippen LogP contribution in [0.25, 0.3) is 5.65 Å². The molecule has 0 spiro atoms. The standard InChI is InChI=1S/C16H13Cl2N3O2/c1-8-3-4-12(13(22)5-8)20-16(23)14-9(2)19-15-11(18)6-10(17)7-21(14)15/h3-7,22H,1-2H3,(H,20,23). The van der Waals surface area contributed by atoms with Crippen molar-refractivity contribution in [1.82, 2.24) is 9.38 Å². The lowest BCUT2D eigenvalue weighted by Crippen LogP contribution is -2.15. The van der Waals surface area contributed by atoms with E-state index < -0.39 is 5.91 Å². The number of nitrogens with zero attached hydrogens (tertiary/aromatic N) is 2. The van der Waals surface area contributed by atoms with Crippen LogP contribution in [-0.2, 0) is 0 Å². The minimum Gasteiger partial charge on any atom is -0.506 e. The van der Waals surface area contributed by atoms with Crippen molar-refractivity contribution in [2.24, 2.45) is 0 Å². The summed E-state index contributed by atoms with van der Waals surface area (Å²) in [5.74, 6) is -0.409. The number of hydrogen-bond acceptors (Lipinski definition) is 3. The molecule has 0 fully saturated rings. The topological polar surface area (TPSA) is 66.6 Å². The molecule has 0 bridgehead atoms. The van der Waals surface area contributed by atoms with Gasteiger partial charge in [-0.1, -0.05) is 29.3 Å². The van der Waals surface area contributed by atoms with Gasteiger partial charge in [-0.3, -0.25) is 9.20 Å². The molecule has 23 heavy (non-hydrogen) atoms. The average molecular weight is 350 g/mol. The molecule has 1 amide bonds. The molecule has 0 saturated heterocycles. The Morgan fingerprint density at radius 3 is 2.70 bits per heavy atom. The number of hydrogen-bond donors (Lipinski definition) is 2. The molecular formula is C16H13Cl2N3O2. The number of halogens is 2. The first-order valence-electron chi connectivity index (χ1n) is 6.81. The van der Waals surface area contributed by atoms with E-state index >= 15 is 0 Å². The van der Waals surface area contributed by atoms with Gasteiger partial charge in [0.15, 0.2) is 5.65 Å². The van der Waals surface area contributed by atoms with Gasteiger partial charge >= 0.3 is 0 Å². The smallest absolute Gasteiger partial charge is 0.274 e. The molecule has 3 aromatic rings. The monoisotopic (exact) mass is 349 g/mol. The van der Waals surface area contributed by atoms with Crippen LogP contribution in [0.3, 0.4) is 0 Å². The van der Waals surface area contributed by atoms with Crippen LogP contribution in [0.1, 0.15) is 21.7 Å². The molecule has 2 N–H and O–H groups in total. The predicted octanol–water partition coefficient (Wildman–Crippen LogP) is 4.22. The van der Waals surface area contributed by atoms with Crippen LogP contribution in [0.15, 0.2) is 30.5 Å². The number of imidazole rings is 1. The van der Waals surface area contributed by atoms with Crippen molar-refractivity contribution in [2.45, 2.75) is 13.8 Å². The minimum atomic E-state index is -0.410. The third-order valence-corrected chi connectivity index (χ3v) is 3.92. The van der Waals surface area contributed by atoms with E-state index in [1.54, 1.807) is 41.8 Å². The Labute approximate surface area is 142 Å². The van der Waals surface area contributed by atoms with E-state index in [1.165, 1.54) is 0 Å². The molecular weight excluding hydrogens is 337 g/mol. The number of fused-ring (bicyclic) bond motifs is 1. The maximum atomic E-state index is 12.6. The number of aromatic nitrogens is 2. The SMILES string of the molecule is Cc1ccc(NC(=O)c2c(C)nc3c(Cl)cc(Cl)cn23)c(O)c1. The second-order valence-corrected chi connectivity index (χ2v) is 6.06. The quantitative estimate of drug-likeness (QED) is 0.680. The zero-order chi connectivity index (χ0) is 16.7. The van der Waals surface area contributed by atoms with Crippen LogP contribution in [0.5, 0.6) is 5.75 Å². The number of aryl methyl sites for hydroxylation is 2. The fourth-order valence-corrected chi connectivity index (χ4v) is 2.90. The third-order valence-electron chi connectivity index (χ3n) is 3.43. The first-order valence-corrected chi connectivity index (χ1v) is 7.57. The Morgan fingerprint density at radius 1 is 1.26 bits per heavy atom. The maximum absolute atomic E-state index is 12.6. The first kappa shape index (κ1) is 15.6. The fraction of sp³-hybridized carbons (Fsp3) is 0.125. The van der Waals surface area contributed by atoms with E-state index in [0.717, 1.165) is 5.56 Å². The summed E-state index contributed by atoms with van der Waals surface area (Å²) in [6.07, 6.45) is 1.58. The van der Waals surface area contributed by atoms with Gasteiger partial charge in [0.25, 0.3) is 5.91 Å². The average Bonchev–Trinajstić information content (AvgIpc) is 2.78. The van der Waals surface area contributed by atoms with Crippen molar-refractivity contribution in [3.63, 3.8) is 0 Å². The van der Waals surface area contributed by atoms with Crippen LogP contribution >= 0.6 is 23.2 Å². The minimum absolute atomic E-state index is 0.000823. The molecule has 7 heteroatoms. The molecule has 0 aliphatic heterocycles. The Kier molecular flexibility index (Phi) is 3.92. The molecule has 0 saturated carbocycles. The number of amides is 1. The maximum Gasteiger partial charge on any atom is 0.274 e. The lowest BCUT2D eigenvalue weighted by molar-refractivity contribution is 0.102. The highest BCUT2D eigenvalue weighted by molar-refractivity contribution is 6.36. The molecule has 0 atom stereocenters. The Balaban J connectivity index is 2.06. The van der Waals surface area contributed by atoms with E-state index in [-0.39, 0.29) is 5.75 Å². The summed E-state index contributed by atoms with van der Waals surface area (Å²) in [4.78, 5) is 16.9. The van der Waals surface area contributed by atoms with E-state index in [4.69, 9.17) is 23.2 Å². The van der Waals surface area contributed by atoms with Crippen LogP contribution in [0.2, 0.25) is 10.0 Å². The predicted molar refractivity (Wildman–Crippen MR) is 90.7 cm³/mol. The lowest BCUT2D eigenvalue weighted by atomic mass is 10.2. The molecule has 118 valence electrons. The molecule has 1 aromatic carbocycles. The number of benzene rings is 1. The third kappa shape index (κ3) is 2.85. The summed E-state index contributed by atoms with van der Waals surface area (Å²) in [5, 5.41) is 13.4.